The van der Waals surface area contributed by atoms with Gasteiger partial charge in [0.1, 0.15) is 5.69 Å². The van der Waals surface area contributed by atoms with E-state index in [1.54, 1.807) is 24.0 Å². The topological polar surface area (TPSA) is 38.1 Å². The van der Waals surface area contributed by atoms with Gasteiger partial charge in [-0.3, -0.25) is 9.48 Å². The third-order valence-corrected chi connectivity index (χ3v) is 2.41. The molecule has 15 heavy (non-hydrogen) atoms. The highest BCUT2D eigenvalue weighted by Crippen LogP contribution is 2.16. The maximum absolute atomic E-state index is 12.2. The van der Waals surface area contributed by atoms with E-state index in [4.69, 9.17) is 0 Å². The van der Waals surface area contributed by atoms with Crippen LogP contribution in [0.1, 0.15) is 38.2 Å². The Morgan fingerprint density at radius 2 is 2.13 bits per heavy atom. The van der Waals surface area contributed by atoms with Gasteiger partial charge < -0.3 is 4.90 Å². The largest absolute Gasteiger partial charge is 0.333 e. The van der Waals surface area contributed by atoms with Crippen LogP contribution in [0.5, 0.6) is 0 Å². The molecule has 0 saturated heterocycles. The fourth-order valence-electron chi connectivity index (χ4n) is 1.64. The molecule has 4 heteroatoms. The van der Waals surface area contributed by atoms with E-state index in [2.05, 4.69) is 5.10 Å². The highest BCUT2D eigenvalue weighted by atomic mass is 16.2. The molecule has 0 aliphatic heterocycles. The Balaban J connectivity index is 2.98. The summed E-state index contributed by atoms with van der Waals surface area (Å²) in [4.78, 5) is 14.0. The molecule has 0 unspecified atom stereocenters. The van der Waals surface area contributed by atoms with E-state index < -0.39 is 0 Å². The minimum atomic E-state index is -0.157. The summed E-state index contributed by atoms with van der Waals surface area (Å²) in [5.41, 5.74) is 0.475. The van der Waals surface area contributed by atoms with Crippen LogP contribution in [-0.2, 0) is 7.05 Å². The van der Waals surface area contributed by atoms with Crippen molar-refractivity contribution in [2.45, 2.75) is 33.2 Å². The summed E-state index contributed by atoms with van der Waals surface area (Å²) in [7, 11) is 1.78. The highest BCUT2D eigenvalue weighted by Gasteiger charge is 2.27. The van der Waals surface area contributed by atoms with Crippen molar-refractivity contribution in [3.63, 3.8) is 0 Å². The molecule has 0 radical (unpaired) electrons. The molecule has 0 aromatic carbocycles. The lowest BCUT2D eigenvalue weighted by atomic mass is 10.1. The van der Waals surface area contributed by atoms with E-state index in [0.29, 0.717) is 12.2 Å². The molecule has 0 aliphatic rings. The summed E-state index contributed by atoms with van der Waals surface area (Å²) in [6.45, 7) is 8.79. The van der Waals surface area contributed by atoms with Gasteiger partial charge in [0.05, 0.1) is 0 Å². The number of carbonyl (C=O) groups is 1. The zero-order valence-electron chi connectivity index (χ0n) is 10.1. The van der Waals surface area contributed by atoms with Crippen LogP contribution in [0.25, 0.3) is 0 Å². The summed E-state index contributed by atoms with van der Waals surface area (Å²) in [5.74, 6) is 0.0324. The normalized spacial score (nSPS) is 11.5. The van der Waals surface area contributed by atoms with Gasteiger partial charge in [0.25, 0.3) is 5.91 Å². The van der Waals surface area contributed by atoms with Crippen LogP contribution in [0.4, 0.5) is 0 Å². The lowest BCUT2D eigenvalue weighted by Crippen LogP contribution is -2.46. The van der Waals surface area contributed by atoms with Gasteiger partial charge >= 0.3 is 0 Å². The Bertz CT molecular complexity index is 349. The van der Waals surface area contributed by atoms with Crippen molar-refractivity contribution in [1.82, 2.24) is 14.7 Å². The molecule has 0 aliphatic carbocycles. The monoisotopic (exact) mass is 209 g/mol. The maximum atomic E-state index is 12.2. The average Bonchev–Trinajstić information content (AvgIpc) is 2.49. The molecule has 0 fully saturated rings. The molecular weight excluding hydrogens is 190 g/mol. The Labute approximate surface area is 90.9 Å². The van der Waals surface area contributed by atoms with E-state index >= 15 is 0 Å². The van der Waals surface area contributed by atoms with Crippen molar-refractivity contribution in [3.05, 3.63) is 18.0 Å². The minimum Gasteiger partial charge on any atom is -0.333 e. The van der Waals surface area contributed by atoms with E-state index in [-0.39, 0.29) is 11.4 Å². The van der Waals surface area contributed by atoms with Gasteiger partial charge in [0.15, 0.2) is 0 Å². The zero-order chi connectivity index (χ0) is 11.6. The van der Waals surface area contributed by atoms with E-state index in [1.165, 1.54) is 0 Å². The first-order valence-corrected chi connectivity index (χ1v) is 5.18. The van der Waals surface area contributed by atoms with E-state index in [9.17, 15) is 4.79 Å². The predicted molar refractivity (Wildman–Crippen MR) is 59.7 cm³/mol. The van der Waals surface area contributed by atoms with Gasteiger partial charge in [-0.25, -0.2) is 0 Å². The van der Waals surface area contributed by atoms with Crippen molar-refractivity contribution < 1.29 is 4.79 Å². The number of nitrogens with zero attached hydrogens (tertiary/aromatic N) is 3. The van der Waals surface area contributed by atoms with Crippen molar-refractivity contribution >= 4 is 5.91 Å². The first-order chi connectivity index (χ1) is 6.88. The Kier molecular flexibility index (Phi) is 3.17. The van der Waals surface area contributed by atoms with Crippen LogP contribution in [-0.4, -0.2) is 32.7 Å². The van der Waals surface area contributed by atoms with Gasteiger partial charge in [-0.05, 0) is 33.8 Å². The van der Waals surface area contributed by atoms with E-state index in [1.807, 2.05) is 32.6 Å². The lowest BCUT2D eigenvalue weighted by Gasteiger charge is -2.34. The van der Waals surface area contributed by atoms with Crippen molar-refractivity contribution in [1.29, 1.82) is 0 Å². The second-order valence-corrected chi connectivity index (χ2v) is 4.56. The standard InChI is InChI=1S/C11H19N3O/c1-6-14(11(2,3)4)10(15)9-7-8-12-13(9)5/h7-8H,6H2,1-5H3. The van der Waals surface area contributed by atoms with Crippen LogP contribution in [0.15, 0.2) is 12.3 Å². The first kappa shape index (κ1) is 11.8. The zero-order valence-corrected chi connectivity index (χ0v) is 10.1. The number of aryl methyl sites for hydroxylation is 1. The van der Waals surface area contributed by atoms with Gasteiger partial charge in [-0.1, -0.05) is 0 Å². The molecule has 1 aromatic heterocycles. The van der Waals surface area contributed by atoms with Gasteiger partial charge in [0, 0.05) is 25.3 Å². The van der Waals surface area contributed by atoms with Crippen LogP contribution in [0.2, 0.25) is 0 Å². The molecule has 0 saturated carbocycles. The summed E-state index contributed by atoms with van der Waals surface area (Å²) < 4.78 is 1.61. The molecule has 0 atom stereocenters. The maximum Gasteiger partial charge on any atom is 0.272 e. The van der Waals surface area contributed by atoms with Crippen molar-refractivity contribution in [2.24, 2.45) is 7.05 Å². The quantitative estimate of drug-likeness (QED) is 0.743. The number of amides is 1. The van der Waals surface area contributed by atoms with Crippen LogP contribution >= 0.6 is 0 Å². The van der Waals surface area contributed by atoms with Gasteiger partial charge in [-0.2, -0.15) is 5.10 Å². The fraction of sp³-hybridized carbons (Fsp3) is 0.636. The molecular formula is C11H19N3O. The average molecular weight is 209 g/mol. The molecule has 1 rings (SSSR count). The van der Waals surface area contributed by atoms with Crippen LogP contribution in [0.3, 0.4) is 0 Å². The summed E-state index contributed by atoms with van der Waals surface area (Å²) in [6.07, 6.45) is 1.64. The Morgan fingerprint density at radius 3 is 2.47 bits per heavy atom. The molecule has 1 heterocycles. The van der Waals surface area contributed by atoms with Crippen molar-refractivity contribution in [3.8, 4) is 0 Å². The minimum absolute atomic E-state index is 0.0324. The predicted octanol–water partition coefficient (Wildman–Crippen LogP) is 1.68. The molecule has 0 spiro atoms. The fourth-order valence-corrected chi connectivity index (χ4v) is 1.64. The van der Waals surface area contributed by atoms with Gasteiger partial charge in [0.2, 0.25) is 0 Å². The van der Waals surface area contributed by atoms with Crippen LogP contribution in [0, 0.1) is 0 Å². The van der Waals surface area contributed by atoms with E-state index in [0.717, 1.165) is 0 Å². The molecule has 0 N–H and O–H groups in total. The molecule has 1 amide bonds. The SMILES string of the molecule is CCN(C(=O)c1ccnn1C)C(C)(C)C. The Hall–Kier alpha value is -1.32. The second-order valence-electron chi connectivity index (χ2n) is 4.56. The number of hydrogen-bond acceptors (Lipinski definition) is 2. The smallest absolute Gasteiger partial charge is 0.272 e. The third kappa shape index (κ3) is 2.37. The number of carbonyl (C=O) groups excluding carboxylic acids is 1. The lowest BCUT2D eigenvalue weighted by molar-refractivity contribution is 0.0587. The first-order valence-electron chi connectivity index (χ1n) is 5.18. The molecule has 4 nitrogen and oxygen atoms in total. The molecule has 84 valence electrons. The third-order valence-electron chi connectivity index (χ3n) is 2.41. The summed E-state index contributed by atoms with van der Waals surface area (Å²) >= 11 is 0. The van der Waals surface area contributed by atoms with Gasteiger partial charge in [-0.15, -0.1) is 0 Å². The highest BCUT2D eigenvalue weighted by molar-refractivity contribution is 5.92. The number of rotatable bonds is 2. The number of aromatic nitrogens is 2. The number of hydrogen-bond donors (Lipinski definition) is 0. The second kappa shape index (κ2) is 4.04. The molecule has 0 bridgehead atoms. The van der Waals surface area contributed by atoms with Crippen molar-refractivity contribution in [2.75, 3.05) is 6.54 Å². The van der Waals surface area contributed by atoms with Crippen LogP contribution < -0.4 is 0 Å². The summed E-state index contributed by atoms with van der Waals surface area (Å²) in [5, 5.41) is 4.01. The Morgan fingerprint density at radius 1 is 1.53 bits per heavy atom. The molecule has 1 aromatic rings. The summed E-state index contributed by atoms with van der Waals surface area (Å²) in [6, 6.07) is 1.75.